The van der Waals surface area contributed by atoms with Crippen LogP contribution in [0.4, 0.5) is 11.6 Å². The molecule has 0 radical (unpaired) electrons. The Morgan fingerprint density at radius 3 is 2.59 bits per heavy atom. The van der Waals surface area contributed by atoms with Gasteiger partial charge in [0.25, 0.3) is 0 Å². The molecular formula is C33H35ClN8O4. The maximum absolute atomic E-state index is 11.7. The summed E-state index contributed by atoms with van der Waals surface area (Å²) in [6.45, 7) is 8.40. The van der Waals surface area contributed by atoms with Crippen molar-refractivity contribution in [3.05, 3.63) is 77.7 Å². The molecule has 2 N–H and O–H groups in total. The van der Waals surface area contributed by atoms with Crippen LogP contribution in [0.2, 0.25) is 5.02 Å². The third kappa shape index (κ3) is 6.74. The van der Waals surface area contributed by atoms with E-state index in [2.05, 4.69) is 37.3 Å². The normalized spacial score (nSPS) is 13.5. The fourth-order valence-electron chi connectivity index (χ4n) is 5.43. The summed E-state index contributed by atoms with van der Waals surface area (Å²) >= 11 is 6.85. The molecule has 0 unspecified atom stereocenters. The van der Waals surface area contributed by atoms with Crippen molar-refractivity contribution in [1.82, 2.24) is 29.5 Å². The third-order valence-electron chi connectivity index (χ3n) is 7.90. The van der Waals surface area contributed by atoms with Crippen molar-refractivity contribution in [2.45, 2.75) is 12.8 Å². The van der Waals surface area contributed by atoms with Gasteiger partial charge < -0.3 is 24.8 Å². The van der Waals surface area contributed by atoms with Crippen LogP contribution in [0.25, 0.3) is 27.8 Å². The molecule has 5 aromatic rings. The van der Waals surface area contributed by atoms with Crippen molar-refractivity contribution in [2.24, 2.45) is 0 Å². The zero-order chi connectivity index (χ0) is 32.0. The molecule has 13 heteroatoms. The summed E-state index contributed by atoms with van der Waals surface area (Å²) in [5.41, 5.74) is 4.49. The summed E-state index contributed by atoms with van der Waals surface area (Å²) in [7, 11) is 3.16. The Morgan fingerprint density at radius 2 is 1.85 bits per heavy atom. The second-order valence-corrected chi connectivity index (χ2v) is 11.1. The first-order valence-electron chi connectivity index (χ1n) is 15.0. The molecule has 0 bridgehead atoms. The van der Waals surface area contributed by atoms with E-state index in [0.29, 0.717) is 64.4 Å². The third-order valence-corrected chi connectivity index (χ3v) is 8.29. The van der Waals surface area contributed by atoms with Crippen LogP contribution in [0.5, 0.6) is 11.5 Å². The number of nitrogens with one attached hydrogen (secondary N) is 2. The van der Waals surface area contributed by atoms with Crippen LogP contribution in [0.15, 0.2) is 61.3 Å². The summed E-state index contributed by atoms with van der Waals surface area (Å²) in [6.07, 6.45) is 4.31. The summed E-state index contributed by atoms with van der Waals surface area (Å²) in [5, 5.41) is 16.6. The second kappa shape index (κ2) is 14.1. The summed E-state index contributed by atoms with van der Waals surface area (Å²) < 4.78 is 18.5. The molecule has 1 saturated heterocycles. The van der Waals surface area contributed by atoms with Crippen molar-refractivity contribution in [2.75, 3.05) is 64.2 Å². The number of benzene rings is 2. The number of ether oxygens (including phenoxy) is 3. The summed E-state index contributed by atoms with van der Waals surface area (Å²) in [4.78, 5) is 23.6. The number of aromatic nitrogens is 5. The highest BCUT2D eigenvalue weighted by molar-refractivity contribution is 6.35. The van der Waals surface area contributed by atoms with Crippen LogP contribution >= 0.6 is 11.6 Å². The predicted molar refractivity (Wildman–Crippen MR) is 178 cm³/mol. The number of anilines is 2. The van der Waals surface area contributed by atoms with Crippen molar-refractivity contribution < 1.29 is 19.0 Å². The Hall–Kier alpha value is -4.78. The standard InChI is InChI=1S/C33H35ClN8O4/c1-4-29(43)37-23-8-5-21(6-9-23)7-10-28-39-40-32-26(25-18-24(44-2)19-27(45-3)30(25)34)17-22-20-36-33(38-31(22)42(28)32)35-11-12-41-13-15-46-16-14-41/h4-6,8-9,17-20H,1,7,10-16H2,2-3H3,(H,37,43)(H,35,36,38). The van der Waals surface area contributed by atoms with Gasteiger partial charge in [0.15, 0.2) is 11.3 Å². The monoisotopic (exact) mass is 642 g/mol. The van der Waals surface area contributed by atoms with Gasteiger partial charge in [0.2, 0.25) is 11.9 Å². The highest BCUT2D eigenvalue weighted by atomic mass is 35.5. The highest BCUT2D eigenvalue weighted by Crippen LogP contribution is 2.41. The minimum Gasteiger partial charge on any atom is -0.497 e. The van der Waals surface area contributed by atoms with E-state index in [1.54, 1.807) is 26.5 Å². The number of pyridine rings is 1. The zero-order valence-electron chi connectivity index (χ0n) is 25.8. The van der Waals surface area contributed by atoms with E-state index in [1.165, 1.54) is 6.08 Å². The number of aryl methyl sites for hydroxylation is 2. The maximum Gasteiger partial charge on any atom is 0.247 e. The molecule has 0 atom stereocenters. The van der Waals surface area contributed by atoms with Gasteiger partial charge in [-0.1, -0.05) is 30.3 Å². The zero-order valence-corrected chi connectivity index (χ0v) is 26.5. The molecule has 0 spiro atoms. The summed E-state index contributed by atoms with van der Waals surface area (Å²) in [6, 6.07) is 13.3. The molecule has 0 saturated carbocycles. The SMILES string of the molecule is C=CC(=O)Nc1ccc(CCc2nnc3c(-c4cc(OC)cc(OC)c4Cl)cc4cnc(NCCN5CCOCC5)nc4n23)cc1. The molecule has 46 heavy (non-hydrogen) atoms. The molecule has 1 fully saturated rings. The fourth-order valence-corrected chi connectivity index (χ4v) is 5.72. The lowest BCUT2D eigenvalue weighted by molar-refractivity contribution is -0.111. The van der Waals surface area contributed by atoms with Crippen LogP contribution in [-0.4, -0.2) is 89.0 Å². The molecule has 1 amide bonds. The molecule has 0 aliphatic carbocycles. The number of hydrogen-bond acceptors (Lipinski definition) is 10. The molecule has 3 aromatic heterocycles. The lowest BCUT2D eigenvalue weighted by Crippen LogP contribution is -2.39. The largest absolute Gasteiger partial charge is 0.497 e. The average molecular weight is 643 g/mol. The Labute approximate surface area is 271 Å². The second-order valence-electron chi connectivity index (χ2n) is 10.8. The first kappa shape index (κ1) is 31.2. The van der Waals surface area contributed by atoms with E-state index >= 15 is 0 Å². The molecular weight excluding hydrogens is 608 g/mol. The van der Waals surface area contributed by atoms with E-state index in [4.69, 9.17) is 30.8 Å². The number of fused-ring (bicyclic) bond motifs is 3. The van der Waals surface area contributed by atoms with Crippen LogP contribution in [0, 0.1) is 0 Å². The van der Waals surface area contributed by atoms with Gasteiger partial charge in [-0.3, -0.25) is 14.1 Å². The quantitative estimate of drug-likeness (QED) is 0.185. The lowest BCUT2D eigenvalue weighted by Gasteiger charge is -2.26. The van der Waals surface area contributed by atoms with Crippen molar-refractivity contribution in [1.29, 1.82) is 0 Å². The van der Waals surface area contributed by atoms with Crippen molar-refractivity contribution in [3.63, 3.8) is 0 Å². The number of methoxy groups -OCH3 is 2. The van der Waals surface area contributed by atoms with Gasteiger partial charge in [0.05, 0.1) is 32.5 Å². The number of amides is 1. The van der Waals surface area contributed by atoms with E-state index in [-0.39, 0.29) is 5.91 Å². The molecule has 4 heterocycles. The molecule has 1 aliphatic rings. The number of halogens is 1. The fraction of sp³-hybridized carbons (Fsp3) is 0.303. The minimum absolute atomic E-state index is 0.254. The van der Waals surface area contributed by atoms with E-state index in [9.17, 15) is 4.79 Å². The predicted octanol–water partition coefficient (Wildman–Crippen LogP) is 4.66. The Bertz CT molecular complexity index is 1870. The molecule has 2 aromatic carbocycles. The van der Waals surface area contributed by atoms with Crippen LogP contribution in [0.3, 0.4) is 0 Å². The Kier molecular flexibility index (Phi) is 9.57. The number of rotatable bonds is 12. The number of nitrogens with zero attached hydrogens (tertiary/aromatic N) is 6. The number of carbonyl (C=O) groups excluding carboxylic acids is 1. The van der Waals surface area contributed by atoms with Gasteiger partial charge in [0.1, 0.15) is 17.3 Å². The smallest absolute Gasteiger partial charge is 0.247 e. The average Bonchev–Trinajstić information content (AvgIpc) is 3.52. The minimum atomic E-state index is -0.254. The molecule has 12 nitrogen and oxygen atoms in total. The Balaban J connectivity index is 1.37. The van der Waals surface area contributed by atoms with Gasteiger partial charge in [-0.05, 0) is 42.3 Å². The van der Waals surface area contributed by atoms with Crippen LogP contribution in [0.1, 0.15) is 11.4 Å². The van der Waals surface area contributed by atoms with E-state index in [1.807, 2.05) is 40.8 Å². The number of hydrogen-bond donors (Lipinski definition) is 2. The molecule has 6 rings (SSSR count). The summed E-state index contributed by atoms with van der Waals surface area (Å²) in [5.74, 6) is 2.08. The molecule has 1 aliphatic heterocycles. The van der Waals surface area contributed by atoms with Crippen LogP contribution in [-0.2, 0) is 22.4 Å². The number of morpholine rings is 1. The van der Waals surface area contributed by atoms with Gasteiger partial charge in [-0.2, -0.15) is 4.98 Å². The van der Waals surface area contributed by atoms with Gasteiger partial charge in [-0.15, -0.1) is 10.2 Å². The molecule has 238 valence electrons. The highest BCUT2D eigenvalue weighted by Gasteiger charge is 2.21. The van der Waals surface area contributed by atoms with Crippen molar-refractivity contribution in [3.8, 4) is 22.6 Å². The van der Waals surface area contributed by atoms with Crippen molar-refractivity contribution >= 4 is 45.8 Å². The lowest BCUT2D eigenvalue weighted by atomic mass is 10.0. The first-order valence-corrected chi connectivity index (χ1v) is 15.4. The van der Waals surface area contributed by atoms with Gasteiger partial charge in [0, 0.05) is 67.1 Å². The number of carbonyl (C=O) groups is 1. The van der Waals surface area contributed by atoms with Gasteiger partial charge in [-0.25, -0.2) is 4.98 Å². The van der Waals surface area contributed by atoms with E-state index < -0.39 is 0 Å². The Morgan fingerprint density at radius 1 is 1.04 bits per heavy atom. The van der Waals surface area contributed by atoms with Gasteiger partial charge >= 0.3 is 0 Å². The topological polar surface area (TPSA) is 128 Å². The maximum atomic E-state index is 11.7. The van der Waals surface area contributed by atoms with E-state index in [0.717, 1.165) is 55.2 Å². The van der Waals surface area contributed by atoms with Crippen LogP contribution < -0.4 is 20.1 Å². The first-order chi connectivity index (χ1) is 22.5.